The van der Waals surface area contributed by atoms with Crippen molar-refractivity contribution in [1.29, 1.82) is 5.26 Å². The summed E-state index contributed by atoms with van der Waals surface area (Å²) in [6, 6.07) is 25.5. The van der Waals surface area contributed by atoms with Gasteiger partial charge in [-0.3, -0.25) is 0 Å². The number of hydrogen-bond acceptors (Lipinski definition) is 5. The van der Waals surface area contributed by atoms with E-state index >= 15 is 0 Å². The van der Waals surface area contributed by atoms with E-state index in [0.29, 0.717) is 5.56 Å². The van der Waals surface area contributed by atoms with Crippen LogP contribution in [0.4, 0.5) is 0 Å². The van der Waals surface area contributed by atoms with Crippen LogP contribution in [0.15, 0.2) is 72.8 Å². The van der Waals surface area contributed by atoms with Crippen LogP contribution >= 0.6 is 0 Å². The molecule has 0 saturated carbocycles. The number of ether oxygens (including phenoxy) is 4. The fourth-order valence-corrected chi connectivity index (χ4v) is 3.46. The first-order valence-corrected chi connectivity index (χ1v) is 9.74. The van der Waals surface area contributed by atoms with E-state index in [1.165, 1.54) is 0 Å². The van der Waals surface area contributed by atoms with Crippen molar-refractivity contribution in [1.82, 2.24) is 0 Å². The smallest absolute Gasteiger partial charge is 0.183 e. The average Bonchev–Trinajstić information content (AvgIpc) is 2.84. The van der Waals surface area contributed by atoms with E-state index in [4.69, 9.17) is 24.2 Å². The highest BCUT2D eigenvalue weighted by molar-refractivity contribution is 5.89. The van der Waals surface area contributed by atoms with E-state index < -0.39 is 0 Å². The Bertz CT molecular complexity index is 1210. The van der Waals surface area contributed by atoms with Crippen molar-refractivity contribution in [2.75, 3.05) is 28.4 Å². The number of nitriles is 1. The lowest BCUT2D eigenvalue weighted by atomic mass is 10.0. The molecule has 5 nitrogen and oxygen atoms in total. The van der Waals surface area contributed by atoms with Crippen LogP contribution in [0.3, 0.4) is 0 Å². The van der Waals surface area contributed by atoms with Crippen LogP contribution < -0.4 is 9.47 Å². The van der Waals surface area contributed by atoms with Gasteiger partial charge in [-0.15, -0.1) is 0 Å². The molecule has 0 N–H and O–H groups in total. The molecular formula is C26H25NO4. The number of benzene rings is 4. The van der Waals surface area contributed by atoms with E-state index in [1.54, 1.807) is 28.4 Å². The van der Waals surface area contributed by atoms with Crippen molar-refractivity contribution in [3.05, 3.63) is 83.9 Å². The largest absolute Gasteiger partial charge is 0.497 e. The number of hydrogen-bond donors (Lipinski definition) is 0. The molecule has 0 fully saturated rings. The first-order valence-electron chi connectivity index (χ1n) is 9.74. The first-order chi connectivity index (χ1) is 15.1. The molecule has 0 amide bonds. The summed E-state index contributed by atoms with van der Waals surface area (Å²) < 4.78 is 20.9. The SMILES string of the molecule is COc1ccc2c(C#N)cccc2c1.COc1ccc2c(C(OC)OC)cccc2c1. The molecule has 4 aromatic carbocycles. The zero-order valence-corrected chi connectivity index (χ0v) is 18.1. The Morgan fingerprint density at radius 3 is 1.77 bits per heavy atom. The zero-order chi connectivity index (χ0) is 22.2. The Morgan fingerprint density at radius 1 is 0.677 bits per heavy atom. The van der Waals surface area contributed by atoms with Gasteiger partial charge in [0.15, 0.2) is 6.29 Å². The number of fused-ring (bicyclic) bond motifs is 2. The number of methoxy groups -OCH3 is 4. The monoisotopic (exact) mass is 415 g/mol. The summed E-state index contributed by atoms with van der Waals surface area (Å²) in [5.74, 6) is 1.66. The predicted molar refractivity (Wildman–Crippen MR) is 122 cm³/mol. The Labute approximate surface area is 182 Å². The highest BCUT2D eigenvalue weighted by atomic mass is 16.7. The third kappa shape index (κ3) is 4.95. The third-order valence-corrected chi connectivity index (χ3v) is 5.01. The van der Waals surface area contributed by atoms with Crippen LogP contribution in [0.5, 0.6) is 11.5 Å². The second-order valence-electron chi connectivity index (χ2n) is 6.74. The molecule has 0 aromatic heterocycles. The summed E-state index contributed by atoms with van der Waals surface area (Å²) in [5.41, 5.74) is 1.72. The van der Waals surface area contributed by atoms with Crippen molar-refractivity contribution in [2.24, 2.45) is 0 Å². The number of nitrogens with zero attached hydrogens (tertiary/aromatic N) is 1. The Balaban J connectivity index is 0.000000179. The molecule has 0 aliphatic carbocycles. The fourth-order valence-electron chi connectivity index (χ4n) is 3.46. The fraction of sp³-hybridized carbons (Fsp3) is 0.192. The summed E-state index contributed by atoms with van der Waals surface area (Å²) in [5, 5.41) is 13.1. The highest BCUT2D eigenvalue weighted by Crippen LogP contribution is 2.29. The normalized spacial score (nSPS) is 10.5. The van der Waals surface area contributed by atoms with Gasteiger partial charge in [0.2, 0.25) is 0 Å². The highest BCUT2D eigenvalue weighted by Gasteiger charge is 2.12. The van der Waals surface area contributed by atoms with E-state index in [9.17, 15) is 0 Å². The second-order valence-corrected chi connectivity index (χ2v) is 6.74. The standard InChI is InChI=1S/C14H16O3.C12H9NO/c1-15-11-7-8-12-10(9-11)5-4-6-13(12)14(16-2)17-3;1-14-11-5-6-12-9(7-11)3-2-4-10(12)8-13/h4-9,14H,1-3H3;2-7H,1H3. The Kier molecular flexibility index (Phi) is 7.45. The van der Waals surface area contributed by atoms with Crippen LogP contribution in [0, 0.1) is 11.3 Å². The summed E-state index contributed by atoms with van der Waals surface area (Å²) in [6.07, 6.45) is -0.341. The van der Waals surface area contributed by atoms with Crippen LogP contribution in [0.1, 0.15) is 17.4 Å². The quantitative estimate of drug-likeness (QED) is 0.382. The summed E-state index contributed by atoms with van der Waals surface area (Å²) in [6.45, 7) is 0. The minimum atomic E-state index is -0.341. The summed E-state index contributed by atoms with van der Waals surface area (Å²) in [4.78, 5) is 0. The minimum Gasteiger partial charge on any atom is -0.497 e. The molecular weight excluding hydrogens is 390 g/mol. The van der Waals surface area contributed by atoms with Crippen LogP contribution in [0.2, 0.25) is 0 Å². The molecule has 0 heterocycles. The second kappa shape index (κ2) is 10.4. The lowest BCUT2D eigenvalue weighted by Crippen LogP contribution is -2.04. The van der Waals surface area contributed by atoms with Crippen molar-refractivity contribution in [3.63, 3.8) is 0 Å². The minimum absolute atomic E-state index is 0.341. The Hall–Kier alpha value is -3.59. The maximum atomic E-state index is 8.88. The van der Waals surface area contributed by atoms with Crippen molar-refractivity contribution < 1.29 is 18.9 Å². The van der Waals surface area contributed by atoms with Crippen molar-refractivity contribution in [2.45, 2.75) is 6.29 Å². The van der Waals surface area contributed by atoms with Gasteiger partial charge in [-0.05, 0) is 57.9 Å². The molecule has 31 heavy (non-hydrogen) atoms. The molecule has 0 bridgehead atoms. The van der Waals surface area contributed by atoms with Gasteiger partial charge in [-0.2, -0.15) is 5.26 Å². The maximum Gasteiger partial charge on any atom is 0.183 e. The van der Waals surface area contributed by atoms with Gasteiger partial charge in [-0.25, -0.2) is 0 Å². The third-order valence-electron chi connectivity index (χ3n) is 5.01. The van der Waals surface area contributed by atoms with Gasteiger partial charge in [0.1, 0.15) is 11.5 Å². The maximum absolute atomic E-state index is 8.88. The van der Waals surface area contributed by atoms with Gasteiger partial charge >= 0.3 is 0 Å². The molecule has 0 atom stereocenters. The van der Waals surface area contributed by atoms with Gasteiger partial charge in [-0.1, -0.05) is 36.4 Å². The van der Waals surface area contributed by atoms with Crippen LogP contribution in [-0.4, -0.2) is 28.4 Å². The predicted octanol–water partition coefficient (Wildman–Crippen LogP) is 5.86. The van der Waals surface area contributed by atoms with E-state index in [-0.39, 0.29) is 6.29 Å². The van der Waals surface area contributed by atoms with Gasteiger partial charge in [0.25, 0.3) is 0 Å². The molecule has 0 unspecified atom stereocenters. The van der Waals surface area contributed by atoms with Crippen LogP contribution in [-0.2, 0) is 9.47 Å². The average molecular weight is 415 g/mol. The molecule has 4 rings (SSSR count). The van der Waals surface area contributed by atoms with E-state index in [1.807, 2.05) is 72.8 Å². The van der Waals surface area contributed by atoms with Crippen molar-refractivity contribution >= 4 is 21.5 Å². The van der Waals surface area contributed by atoms with Crippen LogP contribution in [0.25, 0.3) is 21.5 Å². The first kappa shape index (κ1) is 22.1. The topological polar surface area (TPSA) is 60.7 Å². The molecule has 5 heteroatoms. The lowest BCUT2D eigenvalue weighted by molar-refractivity contribution is -0.105. The van der Waals surface area contributed by atoms with E-state index in [0.717, 1.165) is 38.6 Å². The molecule has 0 aliphatic rings. The summed E-state index contributed by atoms with van der Waals surface area (Å²) >= 11 is 0. The summed E-state index contributed by atoms with van der Waals surface area (Å²) in [7, 11) is 6.57. The van der Waals surface area contributed by atoms with Gasteiger partial charge in [0.05, 0.1) is 25.9 Å². The molecule has 4 aromatic rings. The van der Waals surface area contributed by atoms with E-state index in [2.05, 4.69) is 6.07 Å². The zero-order valence-electron chi connectivity index (χ0n) is 18.1. The molecule has 0 spiro atoms. The van der Waals surface area contributed by atoms with Crippen molar-refractivity contribution in [3.8, 4) is 17.6 Å². The molecule has 0 radical (unpaired) electrons. The molecule has 158 valence electrons. The van der Waals surface area contributed by atoms with Gasteiger partial charge < -0.3 is 18.9 Å². The molecule has 0 aliphatic heterocycles. The molecule has 0 saturated heterocycles. The van der Waals surface area contributed by atoms with Gasteiger partial charge in [0, 0.05) is 19.8 Å². The Morgan fingerprint density at radius 2 is 1.23 bits per heavy atom. The number of rotatable bonds is 5. The lowest BCUT2D eigenvalue weighted by Gasteiger charge is -2.16.